The second-order valence-electron chi connectivity index (χ2n) is 6.55. The molecule has 0 bridgehead atoms. The van der Waals surface area contributed by atoms with Crippen LogP contribution in [0.2, 0.25) is 0 Å². The zero-order chi connectivity index (χ0) is 22.9. The summed E-state index contributed by atoms with van der Waals surface area (Å²) in [6.45, 7) is 5.85. The van der Waals surface area contributed by atoms with Crippen LogP contribution < -0.4 is 5.32 Å². The third-order valence-corrected chi connectivity index (χ3v) is 6.17. The second-order valence-corrected chi connectivity index (χ2v) is 9.20. The number of carbonyl (C=O) groups excluding carboxylic acids is 3. The molecule has 6 nitrogen and oxygen atoms in total. The van der Waals surface area contributed by atoms with Crippen LogP contribution in [-0.4, -0.2) is 66.0 Å². The number of halogens is 1. The third-order valence-electron chi connectivity index (χ3n) is 4.00. The van der Waals surface area contributed by atoms with Crippen LogP contribution in [0.15, 0.2) is 43.0 Å². The number of ether oxygens (including phenoxy) is 2. The molecular weight excluding hydrogens is 458 g/mol. The van der Waals surface area contributed by atoms with Crippen molar-refractivity contribution in [3.8, 4) is 0 Å². The first-order valence-electron chi connectivity index (χ1n) is 9.94. The summed E-state index contributed by atoms with van der Waals surface area (Å²) in [5.74, 6) is 0.455. The Morgan fingerprint density at radius 1 is 1.16 bits per heavy atom. The monoisotopic (exact) mass is 487 g/mol. The highest BCUT2D eigenvalue weighted by atomic mass is 35.5. The smallest absolute Gasteiger partial charge is 0.329 e. The lowest BCUT2D eigenvalue weighted by atomic mass is 10.00. The van der Waals surface area contributed by atoms with Crippen LogP contribution in [-0.2, 0) is 30.3 Å². The van der Waals surface area contributed by atoms with E-state index in [-0.39, 0.29) is 24.2 Å². The molecule has 31 heavy (non-hydrogen) atoms. The summed E-state index contributed by atoms with van der Waals surface area (Å²) in [4.78, 5) is 37.0. The van der Waals surface area contributed by atoms with Gasteiger partial charge in [-0.15, -0.1) is 18.2 Å². The first kappa shape index (κ1) is 27.6. The standard InChI is InChI=1S/C22H30ClNO5S2/c1-3-13-30-16-20(22(27)29-12-11-28-10-9-23)24-21(26)19(15-31-17(2)25)14-18-7-5-4-6-8-18/h3-8,19-20H,1,9-16H2,2H3,(H,24,26)/t19-,20-/m0/s1. The number of rotatable bonds is 16. The zero-order valence-electron chi connectivity index (χ0n) is 17.7. The highest BCUT2D eigenvalue weighted by Gasteiger charge is 2.27. The first-order valence-corrected chi connectivity index (χ1v) is 12.6. The van der Waals surface area contributed by atoms with Crippen LogP contribution >= 0.6 is 35.1 Å². The van der Waals surface area contributed by atoms with Crippen LogP contribution in [0.5, 0.6) is 0 Å². The minimum Gasteiger partial charge on any atom is -0.462 e. The van der Waals surface area contributed by atoms with Gasteiger partial charge in [0.25, 0.3) is 0 Å². The minimum absolute atomic E-state index is 0.0553. The summed E-state index contributed by atoms with van der Waals surface area (Å²) in [6, 6.07) is 8.78. The third kappa shape index (κ3) is 12.8. The summed E-state index contributed by atoms with van der Waals surface area (Å²) in [5, 5.41) is 2.76. The highest BCUT2D eigenvalue weighted by Crippen LogP contribution is 2.17. The first-order chi connectivity index (χ1) is 15.0. The van der Waals surface area contributed by atoms with E-state index in [1.807, 2.05) is 30.3 Å². The van der Waals surface area contributed by atoms with Crippen LogP contribution in [0.25, 0.3) is 0 Å². The molecule has 0 aliphatic heterocycles. The van der Waals surface area contributed by atoms with Crippen molar-refractivity contribution in [3.05, 3.63) is 48.6 Å². The van der Waals surface area contributed by atoms with Crippen LogP contribution in [0, 0.1) is 5.92 Å². The lowest BCUT2D eigenvalue weighted by Crippen LogP contribution is -2.47. The number of benzene rings is 1. The highest BCUT2D eigenvalue weighted by molar-refractivity contribution is 8.13. The molecule has 1 amide bonds. The van der Waals surface area contributed by atoms with Gasteiger partial charge in [0, 0.05) is 30.1 Å². The Bertz CT molecular complexity index is 690. The molecule has 0 heterocycles. The van der Waals surface area contributed by atoms with Gasteiger partial charge in [0.1, 0.15) is 12.6 Å². The van der Waals surface area contributed by atoms with Gasteiger partial charge in [-0.05, 0) is 12.0 Å². The summed E-state index contributed by atoms with van der Waals surface area (Å²) in [7, 11) is 0. The maximum absolute atomic E-state index is 13.0. The summed E-state index contributed by atoms with van der Waals surface area (Å²) in [5.41, 5.74) is 0.989. The Kier molecular flexibility index (Phi) is 15.2. The predicted molar refractivity (Wildman–Crippen MR) is 129 cm³/mol. The van der Waals surface area contributed by atoms with Gasteiger partial charge >= 0.3 is 5.97 Å². The van der Waals surface area contributed by atoms with Gasteiger partial charge in [-0.1, -0.05) is 48.2 Å². The molecule has 0 radical (unpaired) electrons. The SMILES string of the molecule is C=CCSC[C@H](NC(=O)[C@H](CSC(C)=O)Cc1ccccc1)C(=O)OCCOCCCl. The van der Waals surface area contributed by atoms with E-state index >= 15 is 0 Å². The molecule has 0 saturated heterocycles. The van der Waals surface area contributed by atoms with Crippen molar-refractivity contribution >= 4 is 52.1 Å². The average Bonchev–Trinajstić information content (AvgIpc) is 2.76. The molecule has 0 aliphatic carbocycles. The minimum atomic E-state index is -0.800. The van der Waals surface area contributed by atoms with Gasteiger partial charge < -0.3 is 14.8 Å². The fraction of sp³-hybridized carbons (Fsp3) is 0.500. The van der Waals surface area contributed by atoms with Gasteiger partial charge in [-0.3, -0.25) is 9.59 Å². The van der Waals surface area contributed by atoms with Gasteiger partial charge in [-0.25, -0.2) is 4.79 Å². The molecule has 0 fully saturated rings. The number of carbonyl (C=O) groups is 3. The van der Waals surface area contributed by atoms with E-state index in [4.69, 9.17) is 21.1 Å². The van der Waals surface area contributed by atoms with Crippen molar-refractivity contribution in [2.45, 2.75) is 19.4 Å². The van der Waals surface area contributed by atoms with E-state index in [1.54, 1.807) is 6.08 Å². The largest absolute Gasteiger partial charge is 0.462 e. The molecule has 1 aromatic carbocycles. The number of nitrogens with one attached hydrogen (secondary N) is 1. The van der Waals surface area contributed by atoms with Crippen LogP contribution in [0.1, 0.15) is 12.5 Å². The van der Waals surface area contributed by atoms with E-state index in [1.165, 1.54) is 18.7 Å². The topological polar surface area (TPSA) is 81.7 Å². The quantitative estimate of drug-likeness (QED) is 0.166. The Labute approximate surface area is 197 Å². The molecule has 0 spiro atoms. The van der Waals surface area contributed by atoms with E-state index in [0.717, 1.165) is 17.3 Å². The van der Waals surface area contributed by atoms with Crippen molar-refractivity contribution in [1.29, 1.82) is 0 Å². The van der Waals surface area contributed by atoms with Gasteiger partial charge in [0.15, 0.2) is 5.12 Å². The molecule has 1 N–H and O–H groups in total. The number of hydrogen-bond donors (Lipinski definition) is 1. The fourth-order valence-electron chi connectivity index (χ4n) is 2.53. The summed E-state index contributed by atoms with van der Waals surface area (Å²) in [6.07, 6.45) is 2.21. The maximum Gasteiger partial charge on any atom is 0.329 e. The van der Waals surface area contributed by atoms with E-state index in [2.05, 4.69) is 11.9 Å². The van der Waals surface area contributed by atoms with E-state index in [0.29, 0.717) is 36.2 Å². The van der Waals surface area contributed by atoms with E-state index < -0.39 is 17.9 Å². The zero-order valence-corrected chi connectivity index (χ0v) is 20.1. The van der Waals surface area contributed by atoms with Crippen molar-refractivity contribution in [2.24, 2.45) is 5.92 Å². The van der Waals surface area contributed by atoms with Crippen molar-refractivity contribution < 1.29 is 23.9 Å². The molecule has 2 atom stereocenters. The molecule has 172 valence electrons. The lowest BCUT2D eigenvalue weighted by molar-refractivity contribution is -0.148. The van der Waals surface area contributed by atoms with Gasteiger partial charge in [0.2, 0.25) is 5.91 Å². The van der Waals surface area contributed by atoms with Crippen molar-refractivity contribution in [1.82, 2.24) is 5.32 Å². The Balaban J connectivity index is 2.77. The predicted octanol–water partition coefficient (Wildman–Crippen LogP) is 3.33. The summed E-state index contributed by atoms with van der Waals surface area (Å²) >= 11 is 8.12. The molecule has 0 saturated carbocycles. The molecular formula is C22H30ClNO5S2. The molecule has 0 aromatic heterocycles. The average molecular weight is 488 g/mol. The van der Waals surface area contributed by atoms with Gasteiger partial charge in [0.05, 0.1) is 19.1 Å². The fourth-order valence-corrected chi connectivity index (χ4v) is 4.10. The maximum atomic E-state index is 13.0. The number of esters is 1. The number of thioether (sulfide) groups is 2. The Hall–Kier alpha value is -1.48. The number of alkyl halides is 1. The molecule has 1 aromatic rings. The Morgan fingerprint density at radius 2 is 1.90 bits per heavy atom. The van der Waals surface area contributed by atoms with Crippen LogP contribution in [0.4, 0.5) is 0 Å². The van der Waals surface area contributed by atoms with E-state index in [9.17, 15) is 14.4 Å². The van der Waals surface area contributed by atoms with Crippen molar-refractivity contribution in [3.63, 3.8) is 0 Å². The number of hydrogen-bond acceptors (Lipinski definition) is 7. The number of amides is 1. The second kappa shape index (κ2) is 17.1. The van der Waals surface area contributed by atoms with Gasteiger partial charge in [-0.2, -0.15) is 11.8 Å². The lowest BCUT2D eigenvalue weighted by Gasteiger charge is -2.21. The molecule has 0 unspecified atom stereocenters. The normalized spacial score (nSPS) is 12.6. The molecule has 9 heteroatoms. The molecule has 0 aliphatic rings. The Morgan fingerprint density at radius 3 is 2.55 bits per heavy atom. The van der Waals surface area contributed by atoms with Crippen LogP contribution in [0.3, 0.4) is 0 Å². The summed E-state index contributed by atoms with van der Waals surface area (Å²) < 4.78 is 10.5. The molecule has 1 rings (SSSR count). The van der Waals surface area contributed by atoms with Crippen molar-refractivity contribution in [2.75, 3.05) is 43.0 Å².